The minimum atomic E-state index is -3.56. The van der Waals surface area contributed by atoms with Crippen LogP contribution in [0.25, 0.3) is 0 Å². The largest absolute Gasteiger partial charge is 0.269 e. The van der Waals surface area contributed by atoms with E-state index < -0.39 is 10.0 Å². The van der Waals surface area contributed by atoms with Gasteiger partial charge in [-0.2, -0.15) is 5.10 Å². The molecule has 1 aromatic carbocycles. The van der Waals surface area contributed by atoms with Gasteiger partial charge < -0.3 is 0 Å². The van der Waals surface area contributed by atoms with Crippen LogP contribution in [0.1, 0.15) is 43.0 Å². The molecule has 1 N–H and O–H groups in total. The molecular formula is C16H19Cl2N3O2S. The molecule has 130 valence electrons. The van der Waals surface area contributed by atoms with E-state index >= 15 is 0 Å². The highest BCUT2D eigenvalue weighted by molar-refractivity contribution is 7.88. The highest BCUT2D eigenvalue weighted by Gasteiger charge is 2.19. The fourth-order valence-electron chi connectivity index (χ4n) is 2.94. The highest BCUT2D eigenvalue weighted by atomic mass is 35.5. The molecule has 2 aromatic rings. The molecular weight excluding hydrogens is 369 g/mol. The Morgan fingerprint density at radius 1 is 1.17 bits per heavy atom. The summed E-state index contributed by atoms with van der Waals surface area (Å²) in [4.78, 5) is 0. The predicted octanol–water partition coefficient (Wildman–Crippen LogP) is 3.92. The van der Waals surface area contributed by atoms with Crippen LogP contribution in [0.4, 0.5) is 0 Å². The molecule has 8 heteroatoms. The zero-order chi connectivity index (χ0) is 17.2. The Balaban J connectivity index is 1.63. The van der Waals surface area contributed by atoms with E-state index in [0.717, 1.165) is 12.8 Å². The first kappa shape index (κ1) is 17.7. The lowest BCUT2D eigenvalue weighted by Crippen LogP contribution is -2.25. The van der Waals surface area contributed by atoms with E-state index in [-0.39, 0.29) is 12.3 Å². The minimum Gasteiger partial charge on any atom is -0.269 e. The van der Waals surface area contributed by atoms with Crippen molar-refractivity contribution in [2.45, 2.75) is 44.0 Å². The number of rotatable bonds is 6. The lowest BCUT2D eigenvalue weighted by atomic mass is 10.2. The molecule has 0 saturated heterocycles. The first-order chi connectivity index (χ1) is 11.4. The van der Waals surface area contributed by atoms with Crippen LogP contribution in [-0.2, 0) is 22.3 Å². The van der Waals surface area contributed by atoms with Gasteiger partial charge in [0, 0.05) is 21.8 Å². The van der Waals surface area contributed by atoms with Crippen molar-refractivity contribution in [2.24, 2.45) is 0 Å². The quantitative estimate of drug-likeness (QED) is 0.816. The van der Waals surface area contributed by atoms with Crippen LogP contribution in [0.15, 0.2) is 30.5 Å². The van der Waals surface area contributed by atoms with Crippen LogP contribution in [0.3, 0.4) is 0 Å². The molecule has 0 unspecified atom stereocenters. The van der Waals surface area contributed by atoms with Gasteiger partial charge in [0.1, 0.15) is 0 Å². The Labute approximate surface area is 152 Å². The van der Waals surface area contributed by atoms with E-state index in [2.05, 4.69) is 9.82 Å². The molecule has 0 radical (unpaired) electrons. The first-order valence-electron chi connectivity index (χ1n) is 7.89. The molecule has 0 aliphatic heterocycles. The monoisotopic (exact) mass is 387 g/mol. The molecule has 0 bridgehead atoms. The summed E-state index contributed by atoms with van der Waals surface area (Å²) in [5.74, 6) is -0.255. The second kappa shape index (κ2) is 7.44. The number of halogens is 2. The molecule has 1 aliphatic rings. The summed E-state index contributed by atoms with van der Waals surface area (Å²) in [5, 5.41) is 5.17. The molecule has 24 heavy (non-hydrogen) atoms. The van der Waals surface area contributed by atoms with Crippen LogP contribution >= 0.6 is 23.2 Å². The molecule has 0 spiro atoms. The molecule has 1 aliphatic carbocycles. The smallest absolute Gasteiger partial charge is 0.216 e. The maximum Gasteiger partial charge on any atom is 0.216 e. The lowest BCUT2D eigenvalue weighted by molar-refractivity contribution is 0.462. The maximum absolute atomic E-state index is 12.3. The van der Waals surface area contributed by atoms with Gasteiger partial charge >= 0.3 is 0 Å². The van der Waals surface area contributed by atoms with Gasteiger partial charge in [0.15, 0.2) is 0 Å². The molecule has 5 nitrogen and oxygen atoms in total. The summed E-state index contributed by atoms with van der Waals surface area (Å²) in [6, 6.07) is 7.23. The van der Waals surface area contributed by atoms with E-state index in [4.69, 9.17) is 23.2 Å². The highest BCUT2D eigenvalue weighted by Crippen LogP contribution is 2.29. The van der Waals surface area contributed by atoms with Crippen LogP contribution in [0, 0.1) is 0 Å². The SMILES string of the molecule is O=S(=O)(Cc1c(Cl)cccc1Cl)NCc1ccn(C2CCCC2)n1. The maximum atomic E-state index is 12.3. The fraction of sp³-hybridized carbons (Fsp3) is 0.438. The van der Waals surface area contributed by atoms with Crippen LogP contribution < -0.4 is 4.72 Å². The number of hydrogen-bond donors (Lipinski definition) is 1. The van der Waals surface area contributed by atoms with E-state index in [1.165, 1.54) is 12.8 Å². The van der Waals surface area contributed by atoms with E-state index in [1.807, 2.05) is 16.9 Å². The summed E-state index contributed by atoms with van der Waals surface area (Å²) >= 11 is 12.1. The van der Waals surface area contributed by atoms with Crippen molar-refractivity contribution in [3.05, 3.63) is 51.8 Å². The Bertz CT molecular complexity index is 794. The average Bonchev–Trinajstić information content (AvgIpc) is 3.20. The summed E-state index contributed by atoms with van der Waals surface area (Å²) < 4.78 is 29.1. The first-order valence-corrected chi connectivity index (χ1v) is 10.3. The van der Waals surface area contributed by atoms with Gasteiger partial charge in [-0.05, 0) is 31.0 Å². The third-order valence-corrected chi connectivity index (χ3v) is 6.19. The topological polar surface area (TPSA) is 64.0 Å². The standard InChI is InChI=1S/C16H19Cl2N3O2S/c17-15-6-3-7-16(18)14(15)11-24(22,23)19-10-12-8-9-21(20-12)13-4-1-2-5-13/h3,6-9,13,19H,1-2,4-5,10-11H2. The summed E-state index contributed by atoms with van der Waals surface area (Å²) in [5.41, 5.74) is 1.11. The number of sulfonamides is 1. The summed E-state index contributed by atoms with van der Waals surface area (Å²) in [6.45, 7) is 0.157. The number of nitrogens with one attached hydrogen (secondary N) is 1. The van der Waals surface area contributed by atoms with Crippen LogP contribution in [-0.4, -0.2) is 18.2 Å². The molecule has 0 atom stereocenters. The molecule has 3 rings (SSSR count). The Morgan fingerprint density at radius 3 is 2.50 bits per heavy atom. The third kappa shape index (κ3) is 4.30. The third-order valence-electron chi connectivity index (χ3n) is 4.23. The molecule has 1 saturated carbocycles. The average molecular weight is 388 g/mol. The normalized spacial score (nSPS) is 15.9. The fourth-order valence-corrected chi connectivity index (χ4v) is 4.79. The van der Waals surface area contributed by atoms with Gasteiger partial charge in [-0.3, -0.25) is 4.68 Å². The number of hydrogen-bond acceptors (Lipinski definition) is 3. The van der Waals surface area contributed by atoms with Crippen molar-refractivity contribution in [3.8, 4) is 0 Å². The zero-order valence-corrected chi connectivity index (χ0v) is 15.4. The second-order valence-electron chi connectivity index (χ2n) is 6.01. The van der Waals surface area contributed by atoms with Gasteiger partial charge in [0.05, 0.1) is 24.0 Å². The van der Waals surface area contributed by atoms with E-state index in [0.29, 0.717) is 27.3 Å². The Kier molecular flexibility index (Phi) is 5.49. The lowest BCUT2D eigenvalue weighted by Gasteiger charge is -2.10. The van der Waals surface area contributed by atoms with Crippen molar-refractivity contribution in [1.82, 2.24) is 14.5 Å². The van der Waals surface area contributed by atoms with Crippen molar-refractivity contribution in [1.29, 1.82) is 0 Å². The van der Waals surface area contributed by atoms with E-state index in [1.54, 1.807) is 18.2 Å². The van der Waals surface area contributed by atoms with Crippen LogP contribution in [0.5, 0.6) is 0 Å². The summed E-state index contributed by atoms with van der Waals surface area (Å²) in [6.07, 6.45) is 6.65. The van der Waals surface area contributed by atoms with Gasteiger partial charge in [-0.25, -0.2) is 13.1 Å². The van der Waals surface area contributed by atoms with Gasteiger partial charge in [-0.15, -0.1) is 0 Å². The molecule has 1 aromatic heterocycles. The van der Waals surface area contributed by atoms with E-state index in [9.17, 15) is 8.42 Å². The number of benzene rings is 1. The minimum absolute atomic E-state index is 0.157. The van der Waals surface area contributed by atoms with Crippen LogP contribution in [0.2, 0.25) is 10.0 Å². The predicted molar refractivity (Wildman–Crippen MR) is 95.7 cm³/mol. The molecule has 0 amide bonds. The second-order valence-corrected chi connectivity index (χ2v) is 8.63. The van der Waals surface area contributed by atoms with Crippen molar-refractivity contribution in [3.63, 3.8) is 0 Å². The molecule has 1 fully saturated rings. The number of aromatic nitrogens is 2. The van der Waals surface area contributed by atoms with Crippen molar-refractivity contribution < 1.29 is 8.42 Å². The van der Waals surface area contributed by atoms with Crippen molar-refractivity contribution in [2.75, 3.05) is 0 Å². The zero-order valence-electron chi connectivity index (χ0n) is 13.1. The van der Waals surface area contributed by atoms with Gasteiger partial charge in [-0.1, -0.05) is 42.1 Å². The Hall–Kier alpha value is -1.08. The van der Waals surface area contributed by atoms with Gasteiger partial charge in [0.2, 0.25) is 10.0 Å². The van der Waals surface area contributed by atoms with Crippen molar-refractivity contribution >= 4 is 33.2 Å². The molecule has 1 heterocycles. The Morgan fingerprint density at radius 2 is 1.83 bits per heavy atom. The summed E-state index contributed by atoms with van der Waals surface area (Å²) in [7, 11) is -3.56. The number of nitrogens with zero attached hydrogens (tertiary/aromatic N) is 2. The van der Waals surface area contributed by atoms with Gasteiger partial charge in [0.25, 0.3) is 0 Å².